The molecule has 0 radical (unpaired) electrons. The molecule has 1 aromatic heterocycles. The lowest BCUT2D eigenvalue weighted by Crippen LogP contribution is -2.34. The Bertz CT molecular complexity index is 1160. The highest BCUT2D eigenvalue weighted by Gasteiger charge is 2.24. The molecule has 9 heteroatoms. The van der Waals surface area contributed by atoms with Crippen LogP contribution in [0.1, 0.15) is 68.4 Å². The first-order valence-corrected chi connectivity index (χ1v) is 11.9. The summed E-state index contributed by atoms with van der Waals surface area (Å²) in [5, 5.41) is 15.8. The van der Waals surface area contributed by atoms with Crippen LogP contribution in [0.2, 0.25) is 0 Å². The molecule has 0 bridgehead atoms. The molecular formula is C26H29N3O6. The summed E-state index contributed by atoms with van der Waals surface area (Å²) in [4.78, 5) is 27.7. The van der Waals surface area contributed by atoms with E-state index in [2.05, 4.69) is 22.4 Å². The van der Waals surface area contributed by atoms with Gasteiger partial charge in [-0.25, -0.2) is 4.79 Å². The predicted molar refractivity (Wildman–Crippen MR) is 127 cm³/mol. The van der Waals surface area contributed by atoms with Crippen LogP contribution in [-0.2, 0) is 16.0 Å². The molecule has 1 unspecified atom stereocenters. The van der Waals surface area contributed by atoms with Crippen molar-refractivity contribution >= 4 is 11.9 Å². The number of carboxylic acid groups (broad SMARTS) is 1. The highest BCUT2D eigenvalue weighted by atomic mass is 16.7. The molecule has 184 valence electrons. The Morgan fingerprint density at radius 3 is 2.46 bits per heavy atom. The van der Waals surface area contributed by atoms with Gasteiger partial charge in [0.05, 0.1) is 6.04 Å². The molecule has 2 N–H and O–H groups in total. The summed E-state index contributed by atoms with van der Waals surface area (Å²) >= 11 is 0. The number of unbranched alkanes of at least 4 members (excludes halogenated alkanes) is 5. The van der Waals surface area contributed by atoms with Crippen molar-refractivity contribution in [1.82, 2.24) is 15.5 Å². The van der Waals surface area contributed by atoms with Gasteiger partial charge in [-0.2, -0.15) is 4.98 Å². The monoisotopic (exact) mass is 479 g/mol. The summed E-state index contributed by atoms with van der Waals surface area (Å²) in [7, 11) is 0. The molecule has 0 saturated carbocycles. The summed E-state index contributed by atoms with van der Waals surface area (Å²) in [5.41, 5.74) is 2.09. The molecule has 1 aliphatic heterocycles. The van der Waals surface area contributed by atoms with E-state index in [9.17, 15) is 9.59 Å². The van der Waals surface area contributed by atoms with Crippen molar-refractivity contribution in [2.45, 2.75) is 57.9 Å². The van der Waals surface area contributed by atoms with Crippen molar-refractivity contribution in [3.05, 3.63) is 59.4 Å². The van der Waals surface area contributed by atoms with Crippen LogP contribution in [0, 0.1) is 0 Å². The summed E-state index contributed by atoms with van der Waals surface area (Å²) in [6.45, 7) is 2.32. The van der Waals surface area contributed by atoms with Gasteiger partial charge in [0.15, 0.2) is 17.3 Å². The minimum atomic E-state index is -1.56. The second-order valence-electron chi connectivity index (χ2n) is 8.48. The number of nitrogens with one attached hydrogen (secondary N) is 1. The SMILES string of the molecule is CCCCCCCCc1noc(-c2ccc(C(NC(=O)C(=O)O)c3ccc4c(c3)OCO4)cc2)n1. The fourth-order valence-corrected chi connectivity index (χ4v) is 4.00. The second-order valence-corrected chi connectivity index (χ2v) is 8.48. The zero-order valence-corrected chi connectivity index (χ0v) is 19.7. The Kier molecular flexibility index (Phi) is 7.97. The highest BCUT2D eigenvalue weighted by molar-refractivity contribution is 6.31. The molecule has 1 aliphatic rings. The first kappa shape index (κ1) is 24.3. The lowest BCUT2D eigenvalue weighted by molar-refractivity contribution is -0.150. The summed E-state index contributed by atoms with van der Waals surface area (Å²) in [6, 6.07) is 11.7. The van der Waals surface area contributed by atoms with Gasteiger partial charge in [0, 0.05) is 12.0 Å². The Hall–Kier alpha value is -3.88. The largest absolute Gasteiger partial charge is 0.474 e. The van der Waals surface area contributed by atoms with Gasteiger partial charge in [0.1, 0.15) is 0 Å². The molecule has 1 amide bonds. The van der Waals surface area contributed by atoms with E-state index in [1.807, 2.05) is 12.1 Å². The van der Waals surface area contributed by atoms with E-state index in [-0.39, 0.29) is 6.79 Å². The smallest absolute Gasteiger partial charge is 0.394 e. The molecule has 0 spiro atoms. The number of amides is 1. The summed E-state index contributed by atoms with van der Waals surface area (Å²) in [6.07, 6.45) is 7.96. The van der Waals surface area contributed by atoms with E-state index in [1.165, 1.54) is 25.7 Å². The minimum Gasteiger partial charge on any atom is -0.474 e. The van der Waals surface area contributed by atoms with Gasteiger partial charge < -0.3 is 24.4 Å². The van der Waals surface area contributed by atoms with Gasteiger partial charge in [0.2, 0.25) is 6.79 Å². The van der Waals surface area contributed by atoms with Crippen LogP contribution in [-0.4, -0.2) is 33.9 Å². The number of ether oxygens (including phenoxy) is 2. The Balaban J connectivity index is 1.46. The topological polar surface area (TPSA) is 124 Å². The Morgan fingerprint density at radius 1 is 0.971 bits per heavy atom. The van der Waals surface area contributed by atoms with E-state index in [0.717, 1.165) is 24.8 Å². The van der Waals surface area contributed by atoms with Crippen LogP contribution < -0.4 is 14.8 Å². The van der Waals surface area contributed by atoms with Crippen molar-refractivity contribution in [2.24, 2.45) is 0 Å². The fraction of sp³-hybridized carbons (Fsp3) is 0.385. The number of carboxylic acids is 1. The van der Waals surface area contributed by atoms with Gasteiger partial charge in [-0.3, -0.25) is 4.79 Å². The van der Waals surface area contributed by atoms with Gasteiger partial charge >= 0.3 is 11.9 Å². The molecule has 0 saturated heterocycles. The fourth-order valence-electron chi connectivity index (χ4n) is 4.00. The van der Waals surface area contributed by atoms with Crippen LogP contribution >= 0.6 is 0 Å². The van der Waals surface area contributed by atoms with Crippen LogP contribution in [0.3, 0.4) is 0 Å². The maximum absolute atomic E-state index is 12.0. The van der Waals surface area contributed by atoms with Crippen molar-refractivity contribution in [1.29, 1.82) is 0 Å². The number of rotatable bonds is 11. The number of hydrogen-bond acceptors (Lipinski definition) is 7. The van der Waals surface area contributed by atoms with Crippen molar-refractivity contribution in [3.8, 4) is 23.0 Å². The third-order valence-corrected chi connectivity index (χ3v) is 5.91. The molecule has 1 atom stereocenters. The maximum atomic E-state index is 12.0. The molecule has 4 rings (SSSR count). The van der Waals surface area contributed by atoms with Crippen molar-refractivity contribution < 1.29 is 28.7 Å². The number of fused-ring (bicyclic) bond motifs is 1. The molecule has 9 nitrogen and oxygen atoms in total. The lowest BCUT2D eigenvalue weighted by atomic mass is 9.97. The van der Waals surface area contributed by atoms with E-state index in [0.29, 0.717) is 34.3 Å². The Morgan fingerprint density at radius 2 is 1.69 bits per heavy atom. The number of nitrogens with zero attached hydrogens (tertiary/aromatic N) is 2. The van der Waals surface area contributed by atoms with Crippen LogP contribution in [0.15, 0.2) is 47.0 Å². The number of aromatic nitrogens is 2. The number of carbonyl (C=O) groups is 2. The van der Waals surface area contributed by atoms with Crippen LogP contribution in [0.4, 0.5) is 0 Å². The lowest BCUT2D eigenvalue weighted by Gasteiger charge is -2.19. The van der Waals surface area contributed by atoms with Crippen LogP contribution in [0.25, 0.3) is 11.5 Å². The van der Waals surface area contributed by atoms with Gasteiger partial charge in [-0.1, -0.05) is 62.4 Å². The zero-order valence-electron chi connectivity index (χ0n) is 19.7. The third-order valence-electron chi connectivity index (χ3n) is 5.91. The first-order chi connectivity index (χ1) is 17.0. The normalized spacial score (nSPS) is 12.9. The number of carbonyl (C=O) groups excluding carboxylic acids is 1. The number of hydrogen-bond donors (Lipinski definition) is 2. The quantitative estimate of drug-likeness (QED) is 0.301. The number of aliphatic carboxylic acids is 1. The van der Waals surface area contributed by atoms with Gasteiger partial charge in [-0.05, 0) is 41.8 Å². The van der Waals surface area contributed by atoms with Crippen molar-refractivity contribution in [3.63, 3.8) is 0 Å². The molecular weight excluding hydrogens is 450 g/mol. The van der Waals surface area contributed by atoms with E-state index in [4.69, 9.17) is 19.1 Å². The maximum Gasteiger partial charge on any atom is 0.394 e. The summed E-state index contributed by atoms with van der Waals surface area (Å²) < 4.78 is 16.2. The second kappa shape index (κ2) is 11.5. The molecule has 2 heterocycles. The molecule has 0 fully saturated rings. The summed E-state index contributed by atoms with van der Waals surface area (Å²) in [5.74, 6) is -0.416. The number of benzene rings is 2. The number of aryl methyl sites for hydroxylation is 1. The van der Waals surface area contributed by atoms with Gasteiger partial charge in [-0.15, -0.1) is 0 Å². The van der Waals surface area contributed by atoms with E-state index < -0.39 is 17.9 Å². The average molecular weight is 480 g/mol. The third kappa shape index (κ3) is 6.17. The van der Waals surface area contributed by atoms with Gasteiger partial charge in [0.25, 0.3) is 5.89 Å². The molecule has 2 aromatic carbocycles. The average Bonchev–Trinajstić information content (AvgIpc) is 3.54. The van der Waals surface area contributed by atoms with Crippen LogP contribution in [0.5, 0.6) is 11.5 Å². The minimum absolute atomic E-state index is 0.116. The first-order valence-electron chi connectivity index (χ1n) is 11.9. The molecule has 3 aromatic rings. The standard InChI is InChI=1S/C26H29N3O6/c1-2-3-4-5-6-7-8-22-27-25(35-29-22)18-11-9-17(10-12-18)23(28-24(30)26(31)32)19-13-14-20-21(15-19)34-16-33-20/h9-15,23H,2-8,16H2,1H3,(H,28,30)(H,31,32). The molecule has 35 heavy (non-hydrogen) atoms. The van der Waals surface area contributed by atoms with Crippen molar-refractivity contribution in [2.75, 3.05) is 6.79 Å². The van der Waals surface area contributed by atoms with E-state index >= 15 is 0 Å². The highest BCUT2D eigenvalue weighted by Crippen LogP contribution is 2.36. The molecule has 0 aliphatic carbocycles. The Labute approximate surface area is 203 Å². The van der Waals surface area contributed by atoms with E-state index in [1.54, 1.807) is 30.3 Å². The predicted octanol–water partition coefficient (Wildman–Crippen LogP) is 4.66. The zero-order chi connectivity index (χ0) is 24.6.